The Balaban J connectivity index is 2.81. The van der Waals surface area contributed by atoms with Gasteiger partial charge in [0.1, 0.15) is 6.04 Å². The summed E-state index contributed by atoms with van der Waals surface area (Å²) in [6.45, 7) is 0.141. The smallest absolute Gasteiger partial charge is 0.326 e. The number of hydrogen-bond acceptors (Lipinski definition) is 5. The summed E-state index contributed by atoms with van der Waals surface area (Å²) in [6, 6.07) is -0.891. The van der Waals surface area contributed by atoms with Gasteiger partial charge in [0.15, 0.2) is 5.79 Å². The van der Waals surface area contributed by atoms with E-state index in [0.717, 1.165) is 0 Å². The number of thiol groups is 1. The highest BCUT2D eigenvalue weighted by atomic mass is 32.1. The van der Waals surface area contributed by atoms with Gasteiger partial charge in [-0.2, -0.15) is 12.6 Å². The first-order chi connectivity index (χ1) is 8.49. The number of hydrogen-bond donors (Lipinski definition) is 2. The van der Waals surface area contributed by atoms with E-state index in [1.54, 1.807) is 0 Å². The van der Waals surface area contributed by atoms with E-state index in [9.17, 15) is 9.59 Å². The molecule has 0 radical (unpaired) electrons. The molecule has 1 rings (SSSR count). The van der Waals surface area contributed by atoms with E-state index in [1.807, 2.05) is 0 Å². The lowest BCUT2D eigenvalue weighted by Gasteiger charge is -2.25. The van der Waals surface area contributed by atoms with E-state index < -0.39 is 17.8 Å². The normalized spacial score (nSPS) is 22.2. The molecule has 1 saturated heterocycles. The van der Waals surface area contributed by atoms with Crippen molar-refractivity contribution in [2.24, 2.45) is 0 Å². The van der Waals surface area contributed by atoms with Crippen molar-refractivity contribution in [3.63, 3.8) is 0 Å². The first kappa shape index (κ1) is 15.3. The van der Waals surface area contributed by atoms with Crippen molar-refractivity contribution in [1.82, 2.24) is 4.90 Å². The summed E-state index contributed by atoms with van der Waals surface area (Å²) >= 11 is 4.04. The number of carboxylic acids is 1. The first-order valence-electron chi connectivity index (χ1n) is 5.73. The molecule has 1 atom stereocenters. The maximum absolute atomic E-state index is 12.0. The van der Waals surface area contributed by atoms with Crippen LogP contribution in [0.3, 0.4) is 0 Å². The second kappa shape index (κ2) is 6.40. The lowest BCUT2D eigenvalue weighted by molar-refractivity contribution is -0.197. The highest BCUT2D eigenvalue weighted by Crippen LogP contribution is 2.31. The number of amides is 1. The highest BCUT2D eigenvalue weighted by Gasteiger charge is 2.49. The minimum atomic E-state index is -1.04. The van der Waals surface area contributed by atoms with Crippen LogP contribution in [0.25, 0.3) is 0 Å². The lowest BCUT2D eigenvalue weighted by atomic mass is 10.1. The molecule has 0 spiro atoms. The van der Waals surface area contributed by atoms with Crippen LogP contribution in [0.5, 0.6) is 0 Å². The third kappa shape index (κ3) is 3.15. The van der Waals surface area contributed by atoms with Gasteiger partial charge < -0.3 is 19.5 Å². The fourth-order valence-electron chi connectivity index (χ4n) is 2.07. The molecule has 1 heterocycles. The number of methoxy groups -OCH3 is 2. The fraction of sp³-hybridized carbons (Fsp3) is 0.818. The van der Waals surface area contributed by atoms with Gasteiger partial charge in [-0.3, -0.25) is 4.79 Å². The number of likely N-dealkylation sites (tertiary alicyclic amines) is 1. The standard InChI is InChI=1S/C11H19NO5S/c1-16-11(17-2)6-8(10(14)15)12(7-11)9(13)4-3-5-18/h8,18H,3-7H2,1-2H3,(H,14,15)/t8-/m0/s1. The molecule has 0 unspecified atom stereocenters. The van der Waals surface area contributed by atoms with Gasteiger partial charge in [0.05, 0.1) is 6.54 Å². The summed E-state index contributed by atoms with van der Waals surface area (Å²) < 4.78 is 10.4. The van der Waals surface area contributed by atoms with E-state index in [1.165, 1.54) is 19.1 Å². The molecule has 18 heavy (non-hydrogen) atoms. The quantitative estimate of drug-likeness (QED) is 0.542. The highest BCUT2D eigenvalue weighted by molar-refractivity contribution is 7.80. The summed E-state index contributed by atoms with van der Waals surface area (Å²) in [4.78, 5) is 24.5. The lowest BCUT2D eigenvalue weighted by Crippen LogP contribution is -2.42. The Morgan fingerprint density at radius 2 is 2.06 bits per heavy atom. The Kier molecular flexibility index (Phi) is 5.43. The average Bonchev–Trinajstić information content (AvgIpc) is 2.77. The number of nitrogens with zero attached hydrogens (tertiary/aromatic N) is 1. The Labute approximate surface area is 112 Å². The van der Waals surface area contributed by atoms with E-state index in [0.29, 0.717) is 12.2 Å². The molecule has 7 heteroatoms. The molecule has 0 aliphatic carbocycles. The summed E-state index contributed by atoms with van der Waals surface area (Å²) in [6.07, 6.45) is 1.05. The van der Waals surface area contributed by atoms with Crippen LogP contribution in [0.15, 0.2) is 0 Å². The van der Waals surface area contributed by atoms with Crippen molar-refractivity contribution in [2.75, 3.05) is 26.5 Å². The van der Waals surface area contributed by atoms with Crippen LogP contribution < -0.4 is 0 Å². The first-order valence-corrected chi connectivity index (χ1v) is 6.36. The monoisotopic (exact) mass is 277 g/mol. The zero-order chi connectivity index (χ0) is 13.8. The molecule has 1 N–H and O–H groups in total. The van der Waals surface area contributed by atoms with Gasteiger partial charge in [-0.05, 0) is 12.2 Å². The van der Waals surface area contributed by atoms with Crippen LogP contribution in [0.4, 0.5) is 0 Å². The number of ether oxygens (including phenoxy) is 2. The molecule has 0 bridgehead atoms. The predicted octanol–water partition coefficient (Wildman–Crippen LogP) is 0.371. The van der Waals surface area contributed by atoms with Gasteiger partial charge in [-0.15, -0.1) is 0 Å². The number of carbonyl (C=O) groups is 2. The van der Waals surface area contributed by atoms with Gasteiger partial charge in [-0.1, -0.05) is 0 Å². The van der Waals surface area contributed by atoms with Gasteiger partial charge in [0, 0.05) is 27.1 Å². The molecule has 1 aliphatic heterocycles. The van der Waals surface area contributed by atoms with Crippen LogP contribution >= 0.6 is 12.6 Å². The molecule has 104 valence electrons. The van der Waals surface area contributed by atoms with Crippen LogP contribution in [0.2, 0.25) is 0 Å². The van der Waals surface area contributed by atoms with E-state index >= 15 is 0 Å². The molecule has 0 aromatic rings. The van der Waals surface area contributed by atoms with Crippen LogP contribution in [0.1, 0.15) is 19.3 Å². The van der Waals surface area contributed by atoms with Crippen molar-refractivity contribution >= 4 is 24.5 Å². The van der Waals surface area contributed by atoms with Crippen molar-refractivity contribution in [3.8, 4) is 0 Å². The Bertz CT molecular complexity index is 319. The Morgan fingerprint density at radius 1 is 1.44 bits per heavy atom. The van der Waals surface area contributed by atoms with E-state index in [2.05, 4.69) is 12.6 Å². The molecule has 0 aromatic heterocycles. The van der Waals surface area contributed by atoms with Gasteiger partial charge >= 0.3 is 5.97 Å². The number of rotatable bonds is 6. The number of carboxylic acid groups (broad SMARTS) is 1. The zero-order valence-electron chi connectivity index (χ0n) is 10.6. The molecule has 1 fully saturated rings. The molecule has 0 aromatic carbocycles. The summed E-state index contributed by atoms with van der Waals surface area (Å²) in [7, 11) is 2.90. The minimum Gasteiger partial charge on any atom is -0.480 e. The number of carbonyl (C=O) groups excluding carboxylic acids is 1. The minimum absolute atomic E-state index is 0.141. The van der Waals surface area contributed by atoms with Crippen molar-refractivity contribution < 1.29 is 24.2 Å². The second-order valence-electron chi connectivity index (χ2n) is 4.23. The zero-order valence-corrected chi connectivity index (χ0v) is 11.5. The van der Waals surface area contributed by atoms with Crippen LogP contribution in [-0.4, -0.2) is 60.2 Å². The largest absolute Gasteiger partial charge is 0.480 e. The maximum Gasteiger partial charge on any atom is 0.326 e. The topological polar surface area (TPSA) is 76.1 Å². The molecular weight excluding hydrogens is 258 g/mol. The number of aliphatic carboxylic acids is 1. The summed E-state index contributed by atoms with van der Waals surface area (Å²) in [5.74, 6) is -1.66. The molecule has 1 amide bonds. The second-order valence-corrected chi connectivity index (χ2v) is 4.67. The van der Waals surface area contributed by atoms with Gasteiger partial charge in [0.25, 0.3) is 0 Å². The van der Waals surface area contributed by atoms with Crippen molar-refractivity contribution in [2.45, 2.75) is 31.1 Å². The summed E-state index contributed by atoms with van der Waals surface area (Å²) in [5, 5.41) is 9.16. The van der Waals surface area contributed by atoms with Gasteiger partial charge in [0.2, 0.25) is 5.91 Å². The molecule has 0 saturated carbocycles. The maximum atomic E-state index is 12.0. The Hall–Kier alpha value is -0.790. The summed E-state index contributed by atoms with van der Waals surface area (Å²) in [5.41, 5.74) is 0. The predicted molar refractivity (Wildman–Crippen MR) is 67.6 cm³/mol. The molecule has 6 nitrogen and oxygen atoms in total. The van der Waals surface area contributed by atoms with Crippen molar-refractivity contribution in [1.29, 1.82) is 0 Å². The van der Waals surface area contributed by atoms with Crippen LogP contribution in [-0.2, 0) is 19.1 Å². The third-order valence-electron chi connectivity index (χ3n) is 3.19. The van der Waals surface area contributed by atoms with Crippen LogP contribution in [0, 0.1) is 0 Å². The van der Waals surface area contributed by atoms with E-state index in [-0.39, 0.29) is 25.3 Å². The van der Waals surface area contributed by atoms with Gasteiger partial charge in [-0.25, -0.2) is 4.79 Å². The molecular formula is C11H19NO5S. The Morgan fingerprint density at radius 3 is 2.50 bits per heavy atom. The van der Waals surface area contributed by atoms with Crippen molar-refractivity contribution in [3.05, 3.63) is 0 Å². The van der Waals surface area contributed by atoms with E-state index in [4.69, 9.17) is 14.6 Å². The fourth-order valence-corrected chi connectivity index (χ4v) is 2.23. The SMILES string of the molecule is COC1(OC)C[C@@H](C(=O)O)N(C(=O)CCCS)C1. The average molecular weight is 277 g/mol. The third-order valence-corrected chi connectivity index (χ3v) is 3.51. The molecule has 1 aliphatic rings.